The van der Waals surface area contributed by atoms with Gasteiger partial charge in [0.1, 0.15) is 25.1 Å². The number of nitrogens with two attached hydrogens (primary N) is 2. The Balaban J connectivity index is 2.19. The number of rotatable bonds is 10. The first-order valence-electron chi connectivity index (χ1n) is 9.24. The van der Waals surface area contributed by atoms with Crippen LogP contribution in [0.1, 0.15) is 25.0 Å². The molecule has 2 unspecified atom stereocenters. The number of hydrogen-bond acceptors (Lipinski definition) is 5. The van der Waals surface area contributed by atoms with Crippen molar-refractivity contribution in [3.05, 3.63) is 57.6 Å². The van der Waals surface area contributed by atoms with Gasteiger partial charge in [-0.3, -0.25) is 0 Å². The van der Waals surface area contributed by atoms with E-state index in [1.807, 2.05) is 36.4 Å². The highest BCUT2D eigenvalue weighted by atomic mass is 35.5. The van der Waals surface area contributed by atoms with Gasteiger partial charge in [0.05, 0.1) is 22.0 Å². The minimum absolute atomic E-state index is 0.0148. The normalized spacial score (nSPS) is 13.8. The molecule has 8 heteroatoms. The van der Waals surface area contributed by atoms with E-state index in [4.69, 9.17) is 55.7 Å². The maximum absolute atomic E-state index is 9.57. The number of halogens is 3. The summed E-state index contributed by atoms with van der Waals surface area (Å²) in [5.41, 5.74) is 12.9. The maximum Gasteiger partial charge on any atom is 0.156 e. The number of benzene rings is 2. The Labute approximate surface area is 186 Å². The predicted octanol–water partition coefficient (Wildman–Crippen LogP) is 3.96. The summed E-state index contributed by atoms with van der Waals surface area (Å²) < 4.78 is 11.2. The predicted molar refractivity (Wildman–Crippen MR) is 120 cm³/mol. The molecule has 0 aliphatic carbocycles. The molecule has 0 amide bonds. The molecule has 0 aliphatic rings. The zero-order valence-electron chi connectivity index (χ0n) is 16.5. The first kappa shape index (κ1) is 24.1. The van der Waals surface area contributed by atoms with E-state index in [1.54, 1.807) is 0 Å². The smallest absolute Gasteiger partial charge is 0.156 e. The molecule has 0 fully saturated rings. The molecule has 0 saturated heterocycles. The van der Waals surface area contributed by atoms with Crippen LogP contribution in [0.3, 0.4) is 0 Å². The monoisotopic (exact) mass is 460 g/mol. The highest BCUT2D eigenvalue weighted by molar-refractivity contribution is 6.37. The lowest BCUT2D eigenvalue weighted by Crippen LogP contribution is -2.35. The van der Waals surface area contributed by atoms with Crippen LogP contribution in [0, 0.1) is 0 Å². The summed E-state index contributed by atoms with van der Waals surface area (Å²) in [6.07, 6.45) is -0.792. The van der Waals surface area contributed by atoms with Crippen LogP contribution >= 0.6 is 34.8 Å². The number of aliphatic hydroxyl groups excluding tert-OH is 1. The molecular weight excluding hydrogens is 435 g/mol. The van der Waals surface area contributed by atoms with Crippen LogP contribution in [0.4, 0.5) is 0 Å². The molecule has 0 spiro atoms. The van der Waals surface area contributed by atoms with Crippen molar-refractivity contribution in [2.75, 3.05) is 25.6 Å². The van der Waals surface area contributed by atoms with E-state index in [0.29, 0.717) is 28.9 Å². The third kappa shape index (κ3) is 6.38. The number of alkyl halides is 1. The quantitative estimate of drug-likeness (QED) is 0.466. The first-order chi connectivity index (χ1) is 13.7. The lowest BCUT2D eigenvalue weighted by Gasteiger charge is -2.27. The van der Waals surface area contributed by atoms with Crippen LogP contribution < -0.4 is 20.9 Å². The van der Waals surface area contributed by atoms with Gasteiger partial charge in [-0.1, -0.05) is 49.2 Å². The molecule has 0 saturated carbocycles. The zero-order chi connectivity index (χ0) is 21.6. The van der Waals surface area contributed by atoms with E-state index in [2.05, 4.69) is 13.8 Å². The Morgan fingerprint density at radius 1 is 1.00 bits per heavy atom. The Morgan fingerprint density at radius 3 is 2.10 bits per heavy atom. The minimum atomic E-state index is -0.792. The van der Waals surface area contributed by atoms with Gasteiger partial charge in [-0.15, -0.1) is 11.6 Å². The Hall–Kier alpha value is -1.21. The summed E-state index contributed by atoms with van der Waals surface area (Å²) in [6, 6.07) is 11.2. The molecule has 5 N–H and O–H groups in total. The second-order valence-corrected chi connectivity index (χ2v) is 8.47. The minimum Gasteiger partial charge on any atom is -0.492 e. The second-order valence-electron chi connectivity index (χ2n) is 7.34. The van der Waals surface area contributed by atoms with E-state index >= 15 is 0 Å². The molecule has 5 nitrogen and oxygen atoms in total. The standard InChI is InChI=1S/C21H27Cl3N2O3/c1-21(2,13-3-5-17(6-4-13)28-11-15(26)10-25)14-7-18(23)20(19(24)8-14)29-12-16(27)9-22/h3-8,15-16,27H,9-12,25-26H2,1-2H3. The fourth-order valence-electron chi connectivity index (χ4n) is 2.69. The van der Waals surface area contributed by atoms with Crippen molar-refractivity contribution < 1.29 is 14.6 Å². The van der Waals surface area contributed by atoms with Gasteiger partial charge < -0.3 is 26.0 Å². The highest BCUT2D eigenvalue weighted by Crippen LogP contribution is 2.40. The molecule has 2 atom stereocenters. The molecule has 2 aromatic rings. The van der Waals surface area contributed by atoms with Crippen molar-refractivity contribution in [2.24, 2.45) is 11.5 Å². The van der Waals surface area contributed by atoms with Crippen molar-refractivity contribution in [3.63, 3.8) is 0 Å². The molecule has 2 aromatic carbocycles. The number of ether oxygens (including phenoxy) is 2. The highest BCUT2D eigenvalue weighted by Gasteiger charge is 2.26. The van der Waals surface area contributed by atoms with Gasteiger partial charge in [-0.05, 0) is 35.4 Å². The summed E-state index contributed by atoms with van der Waals surface area (Å²) in [6.45, 7) is 4.91. The van der Waals surface area contributed by atoms with E-state index in [1.165, 1.54) is 0 Å². The summed E-state index contributed by atoms with van der Waals surface area (Å²) in [5.74, 6) is 1.13. The summed E-state index contributed by atoms with van der Waals surface area (Å²) in [5, 5.41) is 10.3. The number of hydrogen-bond donors (Lipinski definition) is 3. The van der Waals surface area contributed by atoms with Gasteiger partial charge in [-0.2, -0.15) is 0 Å². The Bertz CT molecular complexity index is 777. The van der Waals surface area contributed by atoms with Crippen LogP contribution in [0.15, 0.2) is 36.4 Å². The van der Waals surface area contributed by atoms with Crippen molar-refractivity contribution in [2.45, 2.75) is 31.4 Å². The average Bonchev–Trinajstić information content (AvgIpc) is 2.71. The molecular formula is C21H27Cl3N2O3. The third-order valence-electron chi connectivity index (χ3n) is 4.66. The Morgan fingerprint density at radius 2 is 1.59 bits per heavy atom. The summed E-state index contributed by atoms with van der Waals surface area (Å²) >= 11 is 18.4. The molecule has 0 aromatic heterocycles. The molecule has 0 radical (unpaired) electrons. The van der Waals surface area contributed by atoms with E-state index in [-0.39, 0.29) is 23.9 Å². The largest absolute Gasteiger partial charge is 0.492 e. The van der Waals surface area contributed by atoms with Crippen molar-refractivity contribution in [3.8, 4) is 11.5 Å². The van der Waals surface area contributed by atoms with Gasteiger partial charge in [0.15, 0.2) is 5.75 Å². The molecule has 2 rings (SSSR count). The second kappa shape index (κ2) is 10.7. The molecule has 0 bridgehead atoms. The van der Waals surface area contributed by atoms with Crippen LogP contribution in [-0.2, 0) is 5.41 Å². The molecule has 0 heterocycles. The fourth-order valence-corrected chi connectivity index (χ4v) is 3.37. The van der Waals surface area contributed by atoms with Crippen molar-refractivity contribution in [1.82, 2.24) is 0 Å². The lowest BCUT2D eigenvalue weighted by molar-refractivity contribution is 0.125. The van der Waals surface area contributed by atoms with Crippen molar-refractivity contribution >= 4 is 34.8 Å². The Kier molecular flexibility index (Phi) is 8.89. The van der Waals surface area contributed by atoms with E-state index < -0.39 is 6.10 Å². The van der Waals surface area contributed by atoms with Gasteiger partial charge >= 0.3 is 0 Å². The SMILES string of the molecule is CC(C)(c1ccc(OCC(N)CN)cc1)c1cc(Cl)c(OCC(O)CCl)c(Cl)c1. The zero-order valence-corrected chi connectivity index (χ0v) is 18.8. The molecule has 160 valence electrons. The van der Waals surface area contributed by atoms with E-state index in [9.17, 15) is 5.11 Å². The van der Waals surface area contributed by atoms with Crippen LogP contribution in [0.5, 0.6) is 11.5 Å². The topological polar surface area (TPSA) is 90.7 Å². The van der Waals surface area contributed by atoms with Gasteiger partial charge in [0, 0.05) is 12.0 Å². The van der Waals surface area contributed by atoms with E-state index in [0.717, 1.165) is 16.9 Å². The van der Waals surface area contributed by atoms with Crippen LogP contribution in [-0.4, -0.2) is 42.9 Å². The molecule has 29 heavy (non-hydrogen) atoms. The average molecular weight is 462 g/mol. The van der Waals surface area contributed by atoms with Crippen LogP contribution in [0.25, 0.3) is 0 Å². The summed E-state index contributed by atoms with van der Waals surface area (Å²) in [7, 11) is 0. The first-order valence-corrected chi connectivity index (χ1v) is 10.5. The lowest BCUT2D eigenvalue weighted by atomic mass is 9.78. The third-order valence-corrected chi connectivity index (χ3v) is 5.58. The maximum atomic E-state index is 9.57. The van der Waals surface area contributed by atoms with Crippen LogP contribution in [0.2, 0.25) is 10.0 Å². The fraction of sp³-hybridized carbons (Fsp3) is 0.429. The molecule has 0 aliphatic heterocycles. The number of aliphatic hydroxyl groups is 1. The van der Waals surface area contributed by atoms with Gasteiger partial charge in [0.25, 0.3) is 0 Å². The van der Waals surface area contributed by atoms with Gasteiger partial charge in [0.2, 0.25) is 0 Å². The summed E-state index contributed by atoms with van der Waals surface area (Å²) in [4.78, 5) is 0. The van der Waals surface area contributed by atoms with Gasteiger partial charge in [-0.25, -0.2) is 0 Å². The van der Waals surface area contributed by atoms with Crippen molar-refractivity contribution in [1.29, 1.82) is 0 Å².